The summed E-state index contributed by atoms with van der Waals surface area (Å²) in [6.45, 7) is 3.84. The van der Waals surface area contributed by atoms with Gasteiger partial charge in [0.25, 0.3) is 0 Å². The van der Waals surface area contributed by atoms with Gasteiger partial charge in [0.2, 0.25) is 0 Å². The minimum absolute atomic E-state index is 0.272. The van der Waals surface area contributed by atoms with Crippen LogP contribution in [0.5, 0.6) is 0 Å². The first-order valence-corrected chi connectivity index (χ1v) is 5.21. The first-order chi connectivity index (χ1) is 6.46. The van der Waals surface area contributed by atoms with Crippen LogP contribution in [0, 0.1) is 0 Å². The van der Waals surface area contributed by atoms with Crippen molar-refractivity contribution in [1.29, 1.82) is 0 Å². The SMILES string of the molecule is CCCC(C)(NCC(Cl)=CCl)C(=O)O. The van der Waals surface area contributed by atoms with Crippen molar-refractivity contribution >= 4 is 29.2 Å². The third-order valence-corrected chi connectivity index (χ3v) is 2.61. The van der Waals surface area contributed by atoms with Crippen LogP contribution in [-0.4, -0.2) is 23.2 Å². The smallest absolute Gasteiger partial charge is 0.323 e. The quantitative estimate of drug-likeness (QED) is 0.750. The zero-order chi connectivity index (χ0) is 11.2. The number of hydrogen-bond acceptors (Lipinski definition) is 2. The Morgan fingerprint density at radius 3 is 2.57 bits per heavy atom. The molecule has 0 saturated carbocycles. The lowest BCUT2D eigenvalue weighted by Gasteiger charge is -2.25. The van der Waals surface area contributed by atoms with Gasteiger partial charge in [-0.25, -0.2) is 0 Å². The summed E-state index contributed by atoms with van der Waals surface area (Å²) in [5.41, 5.74) is 0.289. The van der Waals surface area contributed by atoms with Gasteiger partial charge in [-0.2, -0.15) is 0 Å². The molecule has 0 fully saturated rings. The summed E-state index contributed by atoms with van der Waals surface area (Å²) in [6, 6.07) is 0. The summed E-state index contributed by atoms with van der Waals surface area (Å²) in [6.07, 6.45) is 1.34. The zero-order valence-electron chi connectivity index (χ0n) is 8.31. The van der Waals surface area contributed by atoms with Crippen molar-refractivity contribution in [2.45, 2.75) is 32.2 Å². The lowest BCUT2D eigenvalue weighted by atomic mass is 9.96. The van der Waals surface area contributed by atoms with E-state index in [-0.39, 0.29) is 6.54 Å². The second-order valence-electron chi connectivity index (χ2n) is 3.30. The van der Waals surface area contributed by atoms with Crippen molar-refractivity contribution in [2.75, 3.05) is 6.54 Å². The van der Waals surface area contributed by atoms with Crippen LogP contribution in [0.4, 0.5) is 0 Å². The number of carbonyl (C=O) groups is 1. The summed E-state index contributed by atoms with van der Waals surface area (Å²) in [7, 11) is 0. The number of carboxylic acid groups (broad SMARTS) is 1. The second-order valence-corrected chi connectivity index (χ2v) is 4.00. The normalized spacial score (nSPS) is 16.4. The summed E-state index contributed by atoms with van der Waals surface area (Å²) < 4.78 is 0. The van der Waals surface area contributed by atoms with Crippen molar-refractivity contribution in [3.05, 3.63) is 10.6 Å². The van der Waals surface area contributed by atoms with Crippen molar-refractivity contribution < 1.29 is 9.90 Å². The molecule has 0 aliphatic carbocycles. The van der Waals surface area contributed by atoms with Crippen LogP contribution in [0.1, 0.15) is 26.7 Å². The third kappa shape index (κ3) is 4.31. The molecule has 3 nitrogen and oxygen atoms in total. The molecule has 0 radical (unpaired) electrons. The van der Waals surface area contributed by atoms with Crippen molar-refractivity contribution in [2.24, 2.45) is 0 Å². The molecule has 82 valence electrons. The highest BCUT2D eigenvalue weighted by molar-refractivity contribution is 6.36. The molecule has 0 saturated heterocycles. The number of aliphatic carboxylic acids is 1. The van der Waals surface area contributed by atoms with Crippen LogP contribution in [0.3, 0.4) is 0 Å². The lowest BCUT2D eigenvalue weighted by Crippen LogP contribution is -2.49. The molecule has 0 spiro atoms. The van der Waals surface area contributed by atoms with E-state index in [4.69, 9.17) is 28.3 Å². The van der Waals surface area contributed by atoms with Crippen LogP contribution in [0.2, 0.25) is 0 Å². The van der Waals surface area contributed by atoms with Gasteiger partial charge in [-0.05, 0) is 13.3 Å². The third-order valence-electron chi connectivity index (χ3n) is 1.99. The highest BCUT2D eigenvalue weighted by Crippen LogP contribution is 2.14. The lowest BCUT2D eigenvalue weighted by molar-refractivity contribution is -0.144. The Balaban J connectivity index is 4.30. The molecule has 0 bridgehead atoms. The van der Waals surface area contributed by atoms with Gasteiger partial charge in [-0.1, -0.05) is 36.5 Å². The van der Waals surface area contributed by atoms with Crippen LogP contribution in [-0.2, 0) is 4.79 Å². The highest BCUT2D eigenvalue weighted by Gasteiger charge is 2.31. The molecule has 14 heavy (non-hydrogen) atoms. The Morgan fingerprint density at radius 2 is 2.21 bits per heavy atom. The fourth-order valence-corrected chi connectivity index (χ4v) is 1.23. The van der Waals surface area contributed by atoms with E-state index in [1.54, 1.807) is 6.92 Å². The molecule has 0 rings (SSSR count). The Kier molecular flexibility index (Phi) is 6.16. The van der Waals surface area contributed by atoms with E-state index in [2.05, 4.69) is 5.32 Å². The molecule has 0 aromatic carbocycles. The van der Waals surface area contributed by atoms with Crippen LogP contribution in [0.15, 0.2) is 10.6 Å². The first kappa shape index (κ1) is 13.8. The zero-order valence-corrected chi connectivity index (χ0v) is 9.82. The second kappa shape index (κ2) is 6.27. The topological polar surface area (TPSA) is 49.3 Å². The van der Waals surface area contributed by atoms with E-state index in [0.717, 1.165) is 6.42 Å². The maximum absolute atomic E-state index is 11.0. The monoisotopic (exact) mass is 239 g/mol. The van der Waals surface area contributed by atoms with Crippen molar-refractivity contribution in [3.8, 4) is 0 Å². The molecule has 0 aliphatic heterocycles. The highest BCUT2D eigenvalue weighted by atomic mass is 35.5. The van der Waals surface area contributed by atoms with E-state index in [9.17, 15) is 4.79 Å². The minimum Gasteiger partial charge on any atom is -0.480 e. The number of carboxylic acids is 1. The van der Waals surface area contributed by atoms with Crippen molar-refractivity contribution in [3.63, 3.8) is 0 Å². The standard InChI is InChI=1S/C9H15Cl2NO2/c1-3-4-9(2,8(13)14)12-6-7(11)5-10/h5,12H,3-4,6H2,1-2H3,(H,13,14). The molecule has 1 unspecified atom stereocenters. The fourth-order valence-electron chi connectivity index (χ4n) is 1.09. The fraction of sp³-hybridized carbons (Fsp3) is 0.667. The number of nitrogens with one attached hydrogen (secondary N) is 1. The Labute approximate surface area is 94.1 Å². The molecule has 0 aromatic rings. The van der Waals surface area contributed by atoms with E-state index >= 15 is 0 Å². The van der Waals surface area contributed by atoms with E-state index < -0.39 is 11.5 Å². The Bertz CT molecular complexity index is 231. The summed E-state index contributed by atoms with van der Waals surface area (Å²) in [4.78, 5) is 11.0. The largest absolute Gasteiger partial charge is 0.480 e. The first-order valence-electron chi connectivity index (χ1n) is 4.39. The van der Waals surface area contributed by atoms with Gasteiger partial charge in [-0.15, -0.1) is 0 Å². The minimum atomic E-state index is -0.936. The molecular formula is C9H15Cl2NO2. The van der Waals surface area contributed by atoms with Gasteiger partial charge >= 0.3 is 5.97 Å². The molecule has 1 atom stereocenters. The van der Waals surface area contributed by atoms with Gasteiger partial charge in [0.1, 0.15) is 5.54 Å². The van der Waals surface area contributed by atoms with Gasteiger partial charge in [0.15, 0.2) is 0 Å². The van der Waals surface area contributed by atoms with E-state index in [0.29, 0.717) is 11.5 Å². The number of halogens is 2. The summed E-state index contributed by atoms with van der Waals surface area (Å²) in [5.74, 6) is -0.876. The Morgan fingerprint density at radius 1 is 1.64 bits per heavy atom. The predicted octanol–water partition coefficient (Wildman–Crippen LogP) is 2.54. The van der Waals surface area contributed by atoms with E-state index in [1.807, 2.05) is 6.92 Å². The van der Waals surface area contributed by atoms with Crippen molar-refractivity contribution in [1.82, 2.24) is 5.32 Å². The maximum Gasteiger partial charge on any atom is 0.323 e. The number of rotatable bonds is 6. The number of hydrogen-bond donors (Lipinski definition) is 2. The molecule has 0 aliphatic rings. The average molecular weight is 240 g/mol. The molecule has 5 heteroatoms. The average Bonchev–Trinajstić information content (AvgIpc) is 2.14. The Hall–Kier alpha value is -0.250. The molecule has 0 aromatic heterocycles. The van der Waals surface area contributed by atoms with Crippen LogP contribution >= 0.6 is 23.2 Å². The van der Waals surface area contributed by atoms with E-state index in [1.165, 1.54) is 5.54 Å². The van der Waals surface area contributed by atoms with Crippen LogP contribution in [0.25, 0.3) is 0 Å². The molecular weight excluding hydrogens is 225 g/mol. The van der Waals surface area contributed by atoms with Gasteiger partial charge < -0.3 is 5.11 Å². The van der Waals surface area contributed by atoms with Gasteiger partial charge in [0.05, 0.1) is 0 Å². The van der Waals surface area contributed by atoms with Gasteiger partial charge in [-0.3, -0.25) is 10.1 Å². The predicted molar refractivity (Wildman–Crippen MR) is 58.7 cm³/mol. The van der Waals surface area contributed by atoms with Gasteiger partial charge in [0, 0.05) is 17.1 Å². The molecule has 2 N–H and O–H groups in total. The molecule has 0 heterocycles. The summed E-state index contributed by atoms with van der Waals surface area (Å²) in [5, 5.41) is 12.3. The van der Waals surface area contributed by atoms with Crippen LogP contribution < -0.4 is 5.32 Å². The molecule has 0 amide bonds. The maximum atomic E-state index is 11.0. The summed E-state index contributed by atoms with van der Waals surface area (Å²) >= 11 is 11.0.